The number of aromatic nitrogens is 2. The van der Waals surface area contributed by atoms with Crippen LogP contribution in [0.5, 0.6) is 0 Å². The average molecular weight is 319 g/mol. The van der Waals surface area contributed by atoms with Gasteiger partial charge in [-0.1, -0.05) is 26.0 Å². The number of carbonyl (C=O) groups is 1. The SMILES string of the molecule is CCC(CC)(CCO)CNC(=O)Cn1c(=O)[nH]c2ccccc21. The van der Waals surface area contributed by atoms with E-state index in [-0.39, 0.29) is 30.2 Å². The van der Waals surface area contributed by atoms with E-state index < -0.39 is 0 Å². The molecule has 0 bridgehead atoms. The Labute approximate surface area is 135 Å². The molecule has 0 spiro atoms. The number of hydrogen-bond acceptors (Lipinski definition) is 3. The molecule has 2 rings (SSSR count). The first-order valence-electron chi connectivity index (χ1n) is 8.10. The maximum atomic E-state index is 12.2. The summed E-state index contributed by atoms with van der Waals surface area (Å²) in [6.45, 7) is 4.74. The summed E-state index contributed by atoms with van der Waals surface area (Å²) in [5.41, 5.74) is 1.08. The molecule has 0 fully saturated rings. The predicted octanol–water partition coefficient (Wildman–Crippen LogP) is 1.63. The number of aliphatic hydroxyl groups excluding tert-OH is 1. The average Bonchev–Trinajstić information content (AvgIpc) is 2.87. The molecule has 6 heteroatoms. The molecule has 0 aliphatic carbocycles. The number of nitrogens with one attached hydrogen (secondary N) is 2. The molecule has 1 aromatic heterocycles. The Hall–Kier alpha value is -2.08. The van der Waals surface area contributed by atoms with Gasteiger partial charge in [-0.3, -0.25) is 9.36 Å². The van der Waals surface area contributed by atoms with Crippen LogP contribution in [0.15, 0.2) is 29.1 Å². The molecular formula is C17H25N3O3. The van der Waals surface area contributed by atoms with E-state index in [0.29, 0.717) is 13.0 Å². The van der Waals surface area contributed by atoms with Crippen LogP contribution < -0.4 is 11.0 Å². The molecule has 0 radical (unpaired) electrons. The topological polar surface area (TPSA) is 87.1 Å². The summed E-state index contributed by atoms with van der Waals surface area (Å²) in [4.78, 5) is 27.0. The Kier molecular flexibility index (Phi) is 5.60. The van der Waals surface area contributed by atoms with E-state index in [1.807, 2.05) is 24.3 Å². The van der Waals surface area contributed by atoms with Gasteiger partial charge in [-0.25, -0.2) is 4.79 Å². The normalized spacial score (nSPS) is 11.8. The third-order valence-corrected chi connectivity index (χ3v) is 4.79. The highest BCUT2D eigenvalue weighted by molar-refractivity contribution is 5.80. The van der Waals surface area contributed by atoms with Gasteiger partial charge in [0.05, 0.1) is 11.0 Å². The van der Waals surface area contributed by atoms with Crippen molar-refractivity contribution in [3.63, 3.8) is 0 Å². The van der Waals surface area contributed by atoms with E-state index in [1.54, 1.807) is 0 Å². The number of aromatic amines is 1. The van der Waals surface area contributed by atoms with E-state index in [2.05, 4.69) is 24.1 Å². The highest BCUT2D eigenvalue weighted by Gasteiger charge is 2.26. The van der Waals surface area contributed by atoms with Crippen LogP contribution in [0.3, 0.4) is 0 Å². The molecule has 0 atom stereocenters. The standard InChI is InChI=1S/C17H25N3O3/c1-3-17(4-2,9-10-21)12-18-15(22)11-20-14-8-6-5-7-13(14)19-16(20)23/h5-8,21H,3-4,9-12H2,1-2H3,(H,18,22)(H,19,23). The lowest BCUT2D eigenvalue weighted by atomic mass is 9.79. The lowest BCUT2D eigenvalue weighted by molar-refractivity contribution is -0.122. The van der Waals surface area contributed by atoms with E-state index in [9.17, 15) is 14.7 Å². The summed E-state index contributed by atoms with van der Waals surface area (Å²) in [6.07, 6.45) is 2.43. The minimum atomic E-state index is -0.283. The van der Waals surface area contributed by atoms with Crippen molar-refractivity contribution in [1.82, 2.24) is 14.9 Å². The highest BCUT2D eigenvalue weighted by atomic mass is 16.3. The van der Waals surface area contributed by atoms with Gasteiger partial charge in [-0.15, -0.1) is 0 Å². The second-order valence-corrected chi connectivity index (χ2v) is 5.99. The van der Waals surface area contributed by atoms with Crippen LogP contribution in [-0.2, 0) is 11.3 Å². The molecule has 23 heavy (non-hydrogen) atoms. The Bertz CT molecular complexity index is 713. The molecule has 3 N–H and O–H groups in total. The Morgan fingerprint density at radius 3 is 2.65 bits per heavy atom. The van der Waals surface area contributed by atoms with Crippen LogP contribution >= 0.6 is 0 Å². The number of fused-ring (bicyclic) bond motifs is 1. The number of nitrogens with zero attached hydrogens (tertiary/aromatic N) is 1. The largest absolute Gasteiger partial charge is 0.396 e. The lowest BCUT2D eigenvalue weighted by Gasteiger charge is -2.31. The van der Waals surface area contributed by atoms with Gasteiger partial charge in [-0.2, -0.15) is 0 Å². The van der Waals surface area contributed by atoms with E-state index in [1.165, 1.54) is 4.57 Å². The number of rotatable bonds is 8. The molecule has 0 aliphatic rings. The minimum absolute atomic E-state index is 0.00845. The minimum Gasteiger partial charge on any atom is -0.396 e. The van der Waals surface area contributed by atoms with Gasteiger partial charge in [-0.05, 0) is 36.8 Å². The molecule has 126 valence electrons. The first kappa shape index (κ1) is 17.3. The predicted molar refractivity (Wildman–Crippen MR) is 90.3 cm³/mol. The first-order chi connectivity index (χ1) is 11.0. The maximum absolute atomic E-state index is 12.2. The van der Waals surface area contributed by atoms with Gasteiger partial charge in [0.25, 0.3) is 0 Å². The zero-order chi connectivity index (χ0) is 16.9. The van der Waals surface area contributed by atoms with Crippen molar-refractivity contribution in [2.45, 2.75) is 39.7 Å². The maximum Gasteiger partial charge on any atom is 0.326 e. The summed E-state index contributed by atoms with van der Waals surface area (Å²) in [5.74, 6) is -0.193. The molecule has 0 aliphatic heterocycles. The monoisotopic (exact) mass is 319 g/mol. The quantitative estimate of drug-likeness (QED) is 0.691. The zero-order valence-electron chi connectivity index (χ0n) is 13.8. The first-order valence-corrected chi connectivity index (χ1v) is 8.10. The summed E-state index contributed by atoms with van der Waals surface area (Å²) in [5, 5.41) is 12.1. The smallest absolute Gasteiger partial charge is 0.326 e. The van der Waals surface area contributed by atoms with Crippen molar-refractivity contribution in [2.75, 3.05) is 13.2 Å². The number of carbonyl (C=O) groups excluding carboxylic acids is 1. The summed E-state index contributed by atoms with van der Waals surface area (Å²) in [7, 11) is 0. The van der Waals surface area contributed by atoms with Crippen LogP contribution in [0.1, 0.15) is 33.1 Å². The van der Waals surface area contributed by atoms with Crippen molar-refractivity contribution >= 4 is 16.9 Å². The van der Waals surface area contributed by atoms with Crippen molar-refractivity contribution in [3.8, 4) is 0 Å². The molecule has 1 heterocycles. The van der Waals surface area contributed by atoms with E-state index in [4.69, 9.17) is 0 Å². The molecular weight excluding hydrogens is 294 g/mol. The number of benzene rings is 1. The van der Waals surface area contributed by atoms with Gasteiger partial charge < -0.3 is 15.4 Å². The fraction of sp³-hybridized carbons (Fsp3) is 0.529. The number of hydrogen-bond donors (Lipinski definition) is 3. The van der Waals surface area contributed by atoms with Crippen molar-refractivity contribution < 1.29 is 9.90 Å². The van der Waals surface area contributed by atoms with E-state index in [0.717, 1.165) is 23.9 Å². The van der Waals surface area contributed by atoms with Gasteiger partial charge in [0.15, 0.2) is 0 Å². The van der Waals surface area contributed by atoms with Crippen LogP contribution in [0, 0.1) is 5.41 Å². The van der Waals surface area contributed by atoms with Gasteiger partial charge in [0, 0.05) is 13.2 Å². The number of H-pyrrole nitrogens is 1. The van der Waals surface area contributed by atoms with Gasteiger partial charge >= 0.3 is 5.69 Å². The summed E-state index contributed by atoms with van der Waals surface area (Å²) < 4.78 is 1.44. The van der Waals surface area contributed by atoms with Crippen LogP contribution in [0.25, 0.3) is 11.0 Å². The fourth-order valence-electron chi connectivity index (χ4n) is 2.93. The lowest BCUT2D eigenvalue weighted by Crippen LogP contribution is -2.40. The number of imidazole rings is 1. The molecule has 1 aromatic carbocycles. The van der Waals surface area contributed by atoms with Crippen LogP contribution in [-0.4, -0.2) is 33.7 Å². The number of aliphatic hydroxyl groups is 1. The van der Waals surface area contributed by atoms with Gasteiger partial charge in [0.1, 0.15) is 6.54 Å². The summed E-state index contributed by atoms with van der Waals surface area (Å²) in [6, 6.07) is 7.30. The van der Waals surface area contributed by atoms with Crippen molar-refractivity contribution in [2.24, 2.45) is 5.41 Å². The third kappa shape index (κ3) is 3.82. The molecule has 0 unspecified atom stereocenters. The second-order valence-electron chi connectivity index (χ2n) is 5.99. The number of amides is 1. The molecule has 6 nitrogen and oxygen atoms in total. The van der Waals surface area contributed by atoms with Crippen LogP contribution in [0.2, 0.25) is 0 Å². The molecule has 0 saturated carbocycles. The second kappa shape index (κ2) is 7.46. The molecule has 1 amide bonds. The van der Waals surface area contributed by atoms with Crippen molar-refractivity contribution in [3.05, 3.63) is 34.7 Å². The Balaban J connectivity index is 2.07. The highest BCUT2D eigenvalue weighted by Crippen LogP contribution is 2.29. The fourth-order valence-corrected chi connectivity index (χ4v) is 2.93. The molecule has 0 saturated heterocycles. The van der Waals surface area contributed by atoms with E-state index >= 15 is 0 Å². The Morgan fingerprint density at radius 1 is 1.30 bits per heavy atom. The number of para-hydroxylation sites is 2. The Morgan fingerprint density at radius 2 is 2.00 bits per heavy atom. The van der Waals surface area contributed by atoms with Crippen LogP contribution in [0.4, 0.5) is 0 Å². The zero-order valence-corrected chi connectivity index (χ0v) is 13.8. The van der Waals surface area contributed by atoms with Gasteiger partial charge in [0.2, 0.25) is 5.91 Å². The summed E-state index contributed by atoms with van der Waals surface area (Å²) >= 11 is 0. The molecule has 2 aromatic rings. The van der Waals surface area contributed by atoms with Crippen molar-refractivity contribution in [1.29, 1.82) is 0 Å². The third-order valence-electron chi connectivity index (χ3n) is 4.79.